The summed E-state index contributed by atoms with van der Waals surface area (Å²) in [7, 11) is 0. The average Bonchev–Trinajstić information content (AvgIpc) is 3.13. The lowest BCUT2D eigenvalue weighted by Gasteiger charge is -2.27. The maximum absolute atomic E-state index is 13.7. The van der Waals surface area contributed by atoms with Gasteiger partial charge in [-0.05, 0) is 63.4 Å². The number of hydrogen-bond acceptors (Lipinski definition) is 13. The van der Waals surface area contributed by atoms with Gasteiger partial charge in [0.15, 0.2) is 11.9 Å². The number of carbonyl (C=O) groups excluding carboxylic acids is 7. The van der Waals surface area contributed by atoms with Crippen LogP contribution < -0.4 is 66.7 Å². The molecule has 0 aliphatic heterocycles. The summed E-state index contributed by atoms with van der Waals surface area (Å²) in [6, 6.07) is -8.53. The van der Waals surface area contributed by atoms with Gasteiger partial charge in [0.05, 0.1) is 6.04 Å². The van der Waals surface area contributed by atoms with Crippen molar-refractivity contribution < 1.29 is 53.4 Å². The van der Waals surface area contributed by atoms with Crippen molar-refractivity contribution in [1.29, 1.82) is 0 Å². The van der Waals surface area contributed by atoms with Gasteiger partial charge < -0.3 is 76.9 Å². The number of carboxylic acid groups (broad SMARTS) is 2. The second-order valence-corrected chi connectivity index (χ2v) is 13.9. The van der Waals surface area contributed by atoms with Crippen LogP contribution in [-0.4, -0.2) is 137 Å². The Morgan fingerprint density at radius 1 is 0.517 bits per heavy atom. The van der Waals surface area contributed by atoms with Gasteiger partial charge in [-0.25, -0.2) is 4.79 Å². The van der Waals surface area contributed by atoms with E-state index in [-0.39, 0.29) is 62.9 Å². The number of aliphatic imine (C=N–C) groups is 2. The number of primary amides is 2. The highest BCUT2D eigenvalue weighted by molar-refractivity contribution is 7.98. The maximum Gasteiger partial charge on any atom is 0.326 e. The number of nitrogens with zero attached hydrogens (tertiary/aromatic N) is 2. The van der Waals surface area contributed by atoms with Crippen molar-refractivity contribution in [3.05, 3.63) is 0 Å². The summed E-state index contributed by atoms with van der Waals surface area (Å²) >= 11 is 1.28. The van der Waals surface area contributed by atoms with E-state index in [1.165, 1.54) is 11.8 Å². The molecule has 0 heterocycles. The molecule has 0 unspecified atom stereocenters. The van der Waals surface area contributed by atoms with Gasteiger partial charge in [-0.2, -0.15) is 11.8 Å². The maximum atomic E-state index is 13.7. The van der Waals surface area contributed by atoms with E-state index in [1.807, 2.05) is 0 Å². The van der Waals surface area contributed by atoms with Crippen LogP contribution >= 0.6 is 11.8 Å². The molecule has 0 aliphatic carbocycles. The van der Waals surface area contributed by atoms with Crippen molar-refractivity contribution in [2.45, 2.75) is 107 Å². The van der Waals surface area contributed by atoms with Gasteiger partial charge in [-0.15, -0.1) is 0 Å². The Kier molecular flexibility index (Phi) is 25.6. The molecule has 0 aliphatic rings. The van der Waals surface area contributed by atoms with Gasteiger partial charge in [-0.3, -0.25) is 48.3 Å². The number of guanidine groups is 2. The van der Waals surface area contributed by atoms with Crippen molar-refractivity contribution in [3.8, 4) is 0 Å². The number of nitrogens with two attached hydrogens (primary N) is 7. The van der Waals surface area contributed by atoms with E-state index in [2.05, 4.69) is 36.6 Å². The zero-order valence-electron chi connectivity index (χ0n) is 32.3. The fourth-order valence-electron chi connectivity index (χ4n) is 4.93. The van der Waals surface area contributed by atoms with E-state index in [0.717, 1.165) is 0 Å². The summed E-state index contributed by atoms with van der Waals surface area (Å²) in [5.74, 6) is -9.26. The first-order chi connectivity index (χ1) is 27.2. The molecular formula is C32H58N14O11S. The zero-order valence-corrected chi connectivity index (χ0v) is 33.1. The van der Waals surface area contributed by atoms with Crippen LogP contribution in [0.15, 0.2) is 9.98 Å². The molecule has 0 saturated carbocycles. The standard InChI is InChI=1S/C32H58N14O11S/c1-58-15-12-20(29(55)44-19(8-11-24(49)50)28(54)46-21(30(56)57)7-10-23(35)48)45-27(53)18(6-9-22(34)47)43-26(52)17(5-3-14-41-32(38)39)42-25(51)16(33)4-2-13-40-31(36)37/h16-21H,2-15,33H2,1H3,(H2,34,47)(H2,35,48)(H,42,51)(H,43,52)(H,44,55)(H,45,53)(H,46,54)(H,49,50)(H,56,57)(H4,36,37,40)(H4,38,39,41)/t16-,17-,18-,19-,20+,21-/m0/s1. The van der Waals surface area contributed by atoms with E-state index in [4.69, 9.17) is 40.1 Å². The van der Waals surface area contributed by atoms with Crippen molar-refractivity contribution >= 4 is 77.0 Å². The molecule has 7 amide bonds. The monoisotopic (exact) mass is 846 g/mol. The molecule has 328 valence electrons. The lowest BCUT2D eigenvalue weighted by molar-refractivity contribution is -0.143. The lowest BCUT2D eigenvalue weighted by atomic mass is 10.0. The molecule has 26 heteroatoms. The quantitative estimate of drug-likeness (QED) is 0.0175. The largest absolute Gasteiger partial charge is 0.481 e. The predicted molar refractivity (Wildman–Crippen MR) is 212 cm³/mol. The van der Waals surface area contributed by atoms with E-state index >= 15 is 0 Å². The molecule has 0 aromatic carbocycles. The minimum absolute atomic E-state index is 0.0386. The molecule has 0 radical (unpaired) electrons. The normalized spacial score (nSPS) is 13.8. The average molecular weight is 847 g/mol. The van der Waals surface area contributed by atoms with Crippen molar-refractivity contribution in [1.82, 2.24) is 26.6 Å². The Bertz CT molecular complexity index is 1490. The van der Waals surface area contributed by atoms with Gasteiger partial charge in [0.1, 0.15) is 30.2 Å². The summed E-state index contributed by atoms with van der Waals surface area (Å²) in [5.41, 5.74) is 37.8. The molecule has 6 atom stereocenters. The highest BCUT2D eigenvalue weighted by Crippen LogP contribution is 2.09. The van der Waals surface area contributed by atoms with Crippen LogP contribution in [0.2, 0.25) is 0 Å². The zero-order chi connectivity index (χ0) is 44.4. The van der Waals surface area contributed by atoms with Crippen LogP contribution in [0.4, 0.5) is 0 Å². The predicted octanol–water partition coefficient (Wildman–Crippen LogP) is -5.92. The molecule has 0 bridgehead atoms. The van der Waals surface area contributed by atoms with Crippen molar-refractivity contribution in [3.63, 3.8) is 0 Å². The van der Waals surface area contributed by atoms with Crippen LogP contribution in [0.3, 0.4) is 0 Å². The Labute approximate surface area is 338 Å². The molecule has 25 nitrogen and oxygen atoms in total. The Morgan fingerprint density at radius 2 is 0.879 bits per heavy atom. The third kappa shape index (κ3) is 23.9. The molecule has 21 N–H and O–H groups in total. The number of carbonyl (C=O) groups is 9. The van der Waals surface area contributed by atoms with Gasteiger partial charge >= 0.3 is 11.9 Å². The second-order valence-electron chi connectivity index (χ2n) is 12.9. The number of amides is 7. The molecule has 0 spiro atoms. The first-order valence-electron chi connectivity index (χ1n) is 18.1. The Morgan fingerprint density at radius 3 is 1.28 bits per heavy atom. The van der Waals surface area contributed by atoms with E-state index in [9.17, 15) is 53.4 Å². The summed E-state index contributed by atoms with van der Waals surface area (Å²) in [5, 5.41) is 30.7. The fraction of sp³-hybridized carbons (Fsp3) is 0.656. The first kappa shape index (κ1) is 52.1. The van der Waals surface area contributed by atoms with Crippen molar-refractivity contribution in [2.75, 3.05) is 25.1 Å². The molecule has 58 heavy (non-hydrogen) atoms. The van der Waals surface area contributed by atoms with Crippen LogP contribution in [0.1, 0.15) is 70.6 Å². The second kappa shape index (κ2) is 28.5. The van der Waals surface area contributed by atoms with Crippen LogP contribution in [0.25, 0.3) is 0 Å². The third-order valence-corrected chi connectivity index (χ3v) is 8.66. The summed E-state index contributed by atoms with van der Waals surface area (Å²) in [6.45, 7) is 0.262. The molecule has 0 saturated heterocycles. The molecule has 0 rings (SSSR count). The smallest absolute Gasteiger partial charge is 0.326 e. The Hall–Kier alpha value is -5.92. The van der Waals surface area contributed by atoms with Gasteiger partial charge in [-0.1, -0.05) is 0 Å². The summed E-state index contributed by atoms with van der Waals surface area (Å²) in [6.07, 6.45) is -0.415. The number of aliphatic carboxylic acids is 2. The van der Waals surface area contributed by atoms with E-state index < -0.39 is 122 Å². The van der Waals surface area contributed by atoms with Crippen LogP contribution in [-0.2, 0) is 43.2 Å². The van der Waals surface area contributed by atoms with Crippen LogP contribution in [0.5, 0.6) is 0 Å². The SMILES string of the molecule is CSCC[C@@H](NC(=O)[C@H](CCC(N)=O)NC(=O)[C@H](CCCN=C(N)N)NC(=O)[C@@H](N)CCCN=C(N)N)C(=O)N[C@@H](CCC(=O)O)C(=O)N[C@@H](CCC(N)=O)C(=O)O. The highest BCUT2D eigenvalue weighted by atomic mass is 32.2. The highest BCUT2D eigenvalue weighted by Gasteiger charge is 2.33. The minimum atomic E-state index is -1.61. The summed E-state index contributed by atoms with van der Waals surface area (Å²) in [4.78, 5) is 121. The van der Waals surface area contributed by atoms with Gasteiger partial charge in [0.2, 0.25) is 41.4 Å². The van der Waals surface area contributed by atoms with Gasteiger partial charge in [0.25, 0.3) is 0 Å². The molecular weight excluding hydrogens is 789 g/mol. The number of nitrogens with one attached hydrogen (secondary N) is 5. The molecule has 0 aromatic rings. The number of rotatable bonds is 31. The topological polar surface area (TPSA) is 461 Å². The summed E-state index contributed by atoms with van der Waals surface area (Å²) < 4.78 is 0. The third-order valence-electron chi connectivity index (χ3n) is 8.01. The number of thioether (sulfide) groups is 1. The van der Waals surface area contributed by atoms with E-state index in [0.29, 0.717) is 6.42 Å². The number of hydrogen-bond donors (Lipinski definition) is 14. The minimum Gasteiger partial charge on any atom is -0.481 e. The molecule has 0 aromatic heterocycles. The lowest BCUT2D eigenvalue weighted by Crippen LogP contribution is -2.59. The van der Waals surface area contributed by atoms with E-state index in [1.54, 1.807) is 6.26 Å². The fourth-order valence-corrected chi connectivity index (χ4v) is 5.40. The van der Waals surface area contributed by atoms with Crippen molar-refractivity contribution in [2.24, 2.45) is 50.1 Å². The van der Waals surface area contributed by atoms with Crippen LogP contribution in [0, 0.1) is 0 Å². The van der Waals surface area contributed by atoms with Gasteiger partial charge in [0, 0.05) is 32.4 Å². The number of carboxylic acids is 2. The Balaban J connectivity index is 6.34. The first-order valence-corrected chi connectivity index (χ1v) is 19.5. The molecule has 0 fully saturated rings.